The van der Waals surface area contributed by atoms with E-state index in [4.69, 9.17) is 14.6 Å². The molecule has 0 saturated carbocycles. The van der Waals surface area contributed by atoms with Gasteiger partial charge < -0.3 is 14.6 Å². The molecule has 0 spiro atoms. The van der Waals surface area contributed by atoms with Crippen LogP contribution in [0.5, 0.6) is 5.75 Å². The maximum atomic E-state index is 10.9. The summed E-state index contributed by atoms with van der Waals surface area (Å²) in [5, 5.41) is 8.94. The Morgan fingerprint density at radius 1 is 1.52 bits per heavy atom. The van der Waals surface area contributed by atoms with Crippen LogP contribution < -0.4 is 4.74 Å². The van der Waals surface area contributed by atoms with Crippen LogP contribution in [0.2, 0.25) is 0 Å². The fourth-order valence-electron chi connectivity index (χ4n) is 2.47. The summed E-state index contributed by atoms with van der Waals surface area (Å²) in [5.41, 5.74) is 0.249. The third kappa shape index (κ3) is 5.02. The van der Waals surface area contributed by atoms with E-state index in [0.29, 0.717) is 18.5 Å². The number of benzene rings is 1. The summed E-state index contributed by atoms with van der Waals surface area (Å²) >= 11 is 0. The zero-order chi connectivity index (χ0) is 15.1. The molecule has 0 radical (unpaired) electrons. The van der Waals surface area contributed by atoms with Gasteiger partial charge in [-0.15, -0.1) is 0 Å². The fourth-order valence-corrected chi connectivity index (χ4v) is 2.47. The molecular formula is C16H23NO4. The molecule has 21 heavy (non-hydrogen) atoms. The monoisotopic (exact) mass is 293 g/mol. The molecular weight excluding hydrogens is 270 g/mol. The molecule has 1 heterocycles. The highest BCUT2D eigenvalue weighted by Gasteiger charge is 2.18. The van der Waals surface area contributed by atoms with Gasteiger partial charge in [0, 0.05) is 19.7 Å². The van der Waals surface area contributed by atoms with E-state index in [0.717, 1.165) is 39.1 Å². The van der Waals surface area contributed by atoms with Gasteiger partial charge >= 0.3 is 5.97 Å². The molecule has 5 nitrogen and oxygen atoms in total. The Labute approximate surface area is 125 Å². The second-order valence-electron chi connectivity index (χ2n) is 5.21. The van der Waals surface area contributed by atoms with E-state index < -0.39 is 5.97 Å². The largest absolute Gasteiger partial charge is 0.492 e. The number of carboxylic acids is 1. The van der Waals surface area contributed by atoms with Crippen molar-refractivity contribution in [3.05, 3.63) is 29.8 Å². The lowest BCUT2D eigenvalue weighted by molar-refractivity contribution is 0.0688. The summed E-state index contributed by atoms with van der Waals surface area (Å²) in [4.78, 5) is 13.2. The number of carbonyl (C=O) groups is 1. The molecule has 1 aliphatic heterocycles. The maximum Gasteiger partial charge on any atom is 0.335 e. The SMILES string of the molecule is CCN(CCOc1cccc(C(=O)O)c1)CC1CCCO1. The van der Waals surface area contributed by atoms with Crippen molar-refractivity contribution in [3.63, 3.8) is 0 Å². The lowest BCUT2D eigenvalue weighted by atomic mass is 10.2. The average molecular weight is 293 g/mol. The standard InChI is InChI=1S/C16H23NO4/c1-2-17(12-15-7-4-9-20-15)8-10-21-14-6-3-5-13(11-14)16(18)19/h3,5-6,11,15H,2,4,7-10,12H2,1H3,(H,18,19). The maximum absolute atomic E-state index is 10.9. The summed E-state index contributed by atoms with van der Waals surface area (Å²) < 4.78 is 11.3. The number of likely N-dealkylation sites (N-methyl/N-ethyl adjacent to an activating group) is 1. The number of hydrogen-bond acceptors (Lipinski definition) is 4. The van der Waals surface area contributed by atoms with Crippen LogP contribution >= 0.6 is 0 Å². The van der Waals surface area contributed by atoms with E-state index >= 15 is 0 Å². The van der Waals surface area contributed by atoms with Gasteiger partial charge in [-0.3, -0.25) is 4.90 Å². The van der Waals surface area contributed by atoms with Gasteiger partial charge in [-0.25, -0.2) is 4.79 Å². The number of hydrogen-bond donors (Lipinski definition) is 1. The van der Waals surface area contributed by atoms with Crippen molar-refractivity contribution in [1.82, 2.24) is 4.90 Å². The Hall–Kier alpha value is -1.59. The van der Waals surface area contributed by atoms with Crippen LogP contribution in [0.4, 0.5) is 0 Å². The second kappa shape index (κ2) is 8.00. The van der Waals surface area contributed by atoms with E-state index in [1.54, 1.807) is 24.3 Å². The molecule has 1 saturated heterocycles. The first kappa shape index (κ1) is 15.8. The van der Waals surface area contributed by atoms with E-state index in [9.17, 15) is 4.79 Å². The van der Waals surface area contributed by atoms with E-state index in [2.05, 4.69) is 11.8 Å². The van der Waals surface area contributed by atoms with Crippen molar-refractivity contribution in [2.24, 2.45) is 0 Å². The molecule has 0 aliphatic carbocycles. The van der Waals surface area contributed by atoms with Crippen LogP contribution in [-0.4, -0.2) is 54.9 Å². The molecule has 1 aromatic rings. The zero-order valence-corrected chi connectivity index (χ0v) is 12.5. The van der Waals surface area contributed by atoms with Crippen LogP contribution in [0.3, 0.4) is 0 Å². The lowest BCUT2D eigenvalue weighted by Gasteiger charge is -2.23. The van der Waals surface area contributed by atoms with E-state index in [1.807, 2.05) is 0 Å². The normalized spacial score (nSPS) is 18.1. The molecule has 5 heteroatoms. The molecule has 1 aromatic carbocycles. The molecule has 0 bridgehead atoms. The minimum Gasteiger partial charge on any atom is -0.492 e. The van der Waals surface area contributed by atoms with Gasteiger partial charge in [-0.05, 0) is 37.6 Å². The molecule has 0 aromatic heterocycles. The van der Waals surface area contributed by atoms with Gasteiger partial charge in [0.05, 0.1) is 11.7 Å². The Kier molecular flexibility index (Phi) is 6.02. The van der Waals surface area contributed by atoms with Gasteiger partial charge in [0.2, 0.25) is 0 Å². The van der Waals surface area contributed by atoms with Gasteiger partial charge in [0.1, 0.15) is 12.4 Å². The van der Waals surface area contributed by atoms with Crippen molar-refractivity contribution < 1.29 is 19.4 Å². The van der Waals surface area contributed by atoms with E-state index in [-0.39, 0.29) is 5.56 Å². The minimum absolute atomic E-state index is 0.249. The Morgan fingerprint density at radius 2 is 2.38 bits per heavy atom. The minimum atomic E-state index is -0.936. The van der Waals surface area contributed by atoms with Crippen molar-refractivity contribution in [3.8, 4) is 5.75 Å². The highest BCUT2D eigenvalue weighted by molar-refractivity contribution is 5.87. The first-order chi connectivity index (χ1) is 10.2. The summed E-state index contributed by atoms with van der Waals surface area (Å²) in [5.74, 6) is -0.336. The van der Waals surface area contributed by atoms with E-state index in [1.165, 1.54) is 0 Å². The highest BCUT2D eigenvalue weighted by atomic mass is 16.5. The van der Waals surface area contributed by atoms with Crippen LogP contribution in [0.1, 0.15) is 30.1 Å². The predicted molar refractivity (Wildman–Crippen MR) is 80.0 cm³/mol. The molecule has 1 atom stereocenters. The van der Waals surface area contributed by atoms with Crippen molar-refractivity contribution in [1.29, 1.82) is 0 Å². The van der Waals surface area contributed by atoms with Crippen molar-refractivity contribution in [2.75, 3.05) is 32.8 Å². The molecule has 1 N–H and O–H groups in total. The number of ether oxygens (including phenoxy) is 2. The first-order valence-electron chi connectivity index (χ1n) is 7.49. The lowest BCUT2D eigenvalue weighted by Crippen LogP contribution is -2.35. The van der Waals surface area contributed by atoms with Crippen LogP contribution in [0.15, 0.2) is 24.3 Å². The van der Waals surface area contributed by atoms with Crippen LogP contribution in [-0.2, 0) is 4.74 Å². The van der Waals surface area contributed by atoms with Crippen LogP contribution in [0, 0.1) is 0 Å². The number of nitrogens with zero attached hydrogens (tertiary/aromatic N) is 1. The second-order valence-corrected chi connectivity index (χ2v) is 5.21. The number of aromatic carboxylic acids is 1. The summed E-state index contributed by atoms with van der Waals surface area (Å²) in [6.07, 6.45) is 2.64. The summed E-state index contributed by atoms with van der Waals surface area (Å²) in [7, 11) is 0. The summed E-state index contributed by atoms with van der Waals surface area (Å²) in [6, 6.07) is 6.59. The predicted octanol–water partition coefficient (Wildman–Crippen LogP) is 2.26. The van der Waals surface area contributed by atoms with Gasteiger partial charge in [-0.2, -0.15) is 0 Å². The van der Waals surface area contributed by atoms with Gasteiger partial charge in [-0.1, -0.05) is 13.0 Å². The quantitative estimate of drug-likeness (QED) is 0.796. The molecule has 1 unspecified atom stereocenters. The average Bonchev–Trinajstić information content (AvgIpc) is 2.99. The van der Waals surface area contributed by atoms with Crippen molar-refractivity contribution >= 4 is 5.97 Å². The third-order valence-corrected chi connectivity index (χ3v) is 3.69. The molecule has 1 fully saturated rings. The molecule has 0 amide bonds. The van der Waals surface area contributed by atoms with Gasteiger partial charge in [0.15, 0.2) is 0 Å². The summed E-state index contributed by atoms with van der Waals surface area (Å²) in [6.45, 7) is 6.26. The molecule has 1 aliphatic rings. The third-order valence-electron chi connectivity index (χ3n) is 3.69. The first-order valence-corrected chi connectivity index (χ1v) is 7.49. The number of carboxylic acid groups (broad SMARTS) is 1. The number of rotatable bonds is 8. The fraction of sp³-hybridized carbons (Fsp3) is 0.562. The Balaban J connectivity index is 1.76. The Morgan fingerprint density at radius 3 is 3.05 bits per heavy atom. The van der Waals surface area contributed by atoms with Gasteiger partial charge in [0.25, 0.3) is 0 Å². The Bertz CT molecular complexity index is 457. The highest BCUT2D eigenvalue weighted by Crippen LogP contribution is 2.15. The smallest absolute Gasteiger partial charge is 0.335 e. The zero-order valence-electron chi connectivity index (χ0n) is 12.5. The molecule has 116 valence electrons. The topological polar surface area (TPSA) is 59.0 Å². The molecule has 2 rings (SSSR count). The van der Waals surface area contributed by atoms with Crippen molar-refractivity contribution in [2.45, 2.75) is 25.9 Å². The van der Waals surface area contributed by atoms with Crippen LogP contribution in [0.25, 0.3) is 0 Å².